The zero-order valence-electron chi connectivity index (χ0n) is 21.1. The Morgan fingerprint density at radius 1 is 1.00 bits per heavy atom. The molecule has 0 fully saturated rings. The van der Waals surface area contributed by atoms with Crippen LogP contribution in [0.3, 0.4) is 0 Å². The molecule has 9 heteroatoms. The van der Waals surface area contributed by atoms with Crippen LogP contribution in [-0.2, 0) is 14.1 Å². The van der Waals surface area contributed by atoms with E-state index in [4.69, 9.17) is 0 Å². The predicted molar refractivity (Wildman–Crippen MR) is 147 cm³/mol. The lowest BCUT2D eigenvalue weighted by molar-refractivity contribution is 0.0938. The Balaban J connectivity index is 1.41. The minimum Gasteiger partial charge on any atom is -0.508 e. The molecule has 6 rings (SSSR count). The number of carbonyl (C=O) groups excluding carboxylic acids is 1. The standard InChI is InChI=1S/C30H24FN5O3/c1-35-12-11-18(15-27(35)38)17-7-9-21-25(14-17)36(2)34-29(21)30(39)33-28(22-16-20(31)8-10-26(22)37)24-13-19-5-3-4-6-23(19)32-24/h3-16,28,32,37H,1-2H3,(H,33,39). The van der Waals surface area contributed by atoms with Crippen LogP contribution in [0.5, 0.6) is 5.75 Å². The SMILES string of the molecule is Cn1ccc(-c2ccc3c(C(=O)NC(c4cc5ccccc5[nH]4)c4cc(F)ccc4O)nn(C)c3c2)cc1=O. The monoisotopic (exact) mass is 521 g/mol. The Morgan fingerprint density at radius 3 is 2.59 bits per heavy atom. The van der Waals surface area contributed by atoms with Gasteiger partial charge in [-0.25, -0.2) is 4.39 Å². The maximum Gasteiger partial charge on any atom is 0.273 e. The van der Waals surface area contributed by atoms with Crippen LogP contribution in [0.15, 0.2) is 89.9 Å². The number of nitrogens with zero attached hydrogens (tertiary/aromatic N) is 3. The summed E-state index contributed by atoms with van der Waals surface area (Å²) >= 11 is 0. The van der Waals surface area contributed by atoms with Gasteiger partial charge in [-0.2, -0.15) is 5.10 Å². The predicted octanol–water partition coefficient (Wildman–Crippen LogP) is 4.78. The number of aryl methyl sites for hydroxylation is 2. The molecule has 0 spiro atoms. The van der Waals surface area contributed by atoms with Crippen LogP contribution in [0, 0.1) is 5.82 Å². The topological polar surface area (TPSA) is 105 Å². The van der Waals surface area contributed by atoms with Gasteiger partial charge < -0.3 is 20.0 Å². The van der Waals surface area contributed by atoms with Gasteiger partial charge in [-0.15, -0.1) is 0 Å². The molecule has 0 aliphatic heterocycles. The van der Waals surface area contributed by atoms with E-state index >= 15 is 0 Å². The Hall–Kier alpha value is -5.18. The normalized spacial score (nSPS) is 12.2. The van der Waals surface area contributed by atoms with Crippen molar-refractivity contribution >= 4 is 27.7 Å². The van der Waals surface area contributed by atoms with Crippen LogP contribution < -0.4 is 10.9 Å². The van der Waals surface area contributed by atoms with Crippen molar-refractivity contribution in [3.05, 3.63) is 118 Å². The number of halogens is 1. The smallest absolute Gasteiger partial charge is 0.273 e. The zero-order valence-corrected chi connectivity index (χ0v) is 21.1. The number of amides is 1. The molecule has 0 saturated carbocycles. The van der Waals surface area contributed by atoms with Gasteiger partial charge in [0.1, 0.15) is 11.6 Å². The quantitative estimate of drug-likeness (QED) is 0.304. The number of carbonyl (C=O) groups is 1. The second-order valence-corrected chi connectivity index (χ2v) is 9.49. The molecule has 0 saturated heterocycles. The minimum absolute atomic E-state index is 0.124. The van der Waals surface area contributed by atoms with Crippen LogP contribution in [0.25, 0.3) is 32.9 Å². The van der Waals surface area contributed by atoms with E-state index in [1.165, 1.54) is 16.7 Å². The summed E-state index contributed by atoms with van der Waals surface area (Å²) in [5.41, 5.74) is 3.97. The number of pyridine rings is 1. The molecule has 6 aromatic rings. The Morgan fingerprint density at radius 2 is 1.79 bits per heavy atom. The summed E-state index contributed by atoms with van der Waals surface area (Å²) in [4.78, 5) is 29.1. The lowest BCUT2D eigenvalue weighted by Gasteiger charge is -2.19. The molecule has 0 radical (unpaired) electrons. The molecule has 1 atom stereocenters. The molecule has 194 valence electrons. The first-order valence-corrected chi connectivity index (χ1v) is 12.3. The van der Waals surface area contributed by atoms with Gasteiger partial charge >= 0.3 is 0 Å². The van der Waals surface area contributed by atoms with Gasteiger partial charge in [0.25, 0.3) is 11.5 Å². The van der Waals surface area contributed by atoms with E-state index in [1.54, 1.807) is 37.1 Å². The zero-order chi connectivity index (χ0) is 27.3. The summed E-state index contributed by atoms with van der Waals surface area (Å²) in [6.45, 7) is 0. The third kappa shape index (κ3) is 4.33. The van der Waals surface area contributed by atoms with Gasteiger partial charge in [0, 0.05) is 48.5 Å². The third-order valence-corrected chi connectivity index (χ3v) is 6.94. The highest BCUT2D eigenvalue weighted by Gasteiger charge is 2.26. The summed E-state index contributed by atoms with van der Waals surface area (Å²) < 4.78 is 17.4. The number of phenols is 1. The number of hydrogen-bond acceptors (Lipinski definition) is 4. The summed E-state index contributed by atoms with van der Waals surface area (Å²) in [5.74, 6) is -1.18. The number of hydrogen-bond donors (Lipinski definition) is 3. The van der Waals surface area contributed by atoms with Gasteiger partial charge in [-0.05, 0) is 65.0 Å². The molecule has 3 aromatic heterocycles. The lowest BCUT2D eigenvalue weighted by atomic mass is 10.0. The first-order valence-electron chi connectivity index (χ1n) is 12.3. The van der Waals surface area contributed by atoms with E-state index in [0.29, 0.717) is 16.6 Å². The van der Waals surface area contributed by atoms with Crippen LogP contribution in [0.4, 0.5) is 4.39 Å². The number of fused-ring (bicyclic) bond motifs is 2. The van der Waals surface area contributed by atoms with Crippen molar-refractivity contribution in [1.82, 2.24) is 24.6 Å². The van der Waals surface area contributed by atoms with Crippen molar-refractivity contribution < 1.29 is 14.3 Å². The first-order chi connectivity index (χ1) is 18.8. The Kier molecular flexibility index (Phi) is 5.76. The molecule has 3 heterocycles. The molecular formula is C30H24FN5O3. The number of rotatable bonds is 5. The van der Waals surface area contributed by atoms with E-state index in [0.717, 1.165) is 28.1 Å². The third-order valence-electron chi connectivity index (χ3n) is 6.94. The van der Waals surface area contributed by atoms with Crippen molar-refractivity contribution in [1.29, 1.82) is 0 Å². The fraction of sp³-hybridized carbons (Fsp3) is 0.100. The highest BCUT2D eigenvalue weighted by Crippen LogP contribution is 2.32. The van der Waals surface area contributed by atoms with Crippen molar-refractivity contribution in [2.75, 3.05) is 0 Å². The maximum atomic E-state index is 14.3. The van der Waals surface area contributed by atoms with Crippen LogP contribution in [-0.4, -0.2) is 30.3 Å². The number of aromatic amines is 1. The molecule has 8 nitrogen and oxygen atoms in total. The van der Waals surface area contributed by atoms with Gasteiger partial charge in [-0.1, -0.05) is 24.3 Å². The van der Waals surface area contributed by atoms with Crippen molar-refractivity contribution in [3.8, 4) is 16.9 Å². The molecule has 0 aliphatic carbocycles. The van der Waals surface area contributed by atoms with Gasteiger partial charge in [0.15, 0.2) is 5.69 Å². The molecule has 3 aromatic carbocycles. The highest BCUT2D eigenvalue weighted by atomic mass is 19.1. The van der Waals surface area contributed by atoms with E-state index in [2.05, 4.69) is 15.4 Å². The second kappa shape index (κ2) is 9.29. The number of para-hydroxylation sites is 1. The number of aromatic hydroxyl groups is 1. The molecule has 3 N–H and O–H groups in total. The minimum atomic E-state index is -0.877. The Labute approximate surface area is 222 Å². The number of aromatic nitrogens is 4. The lowest BCUT2D eigenvalue weighted by Crippen LogP contribution is -2.30. The van der Waals surface area contributed by atoms with Crippen molar-refractivity contribution in [3.63, 3.8) is 0 Å². The van der Waals surface area contributed by atoms with Crippen LogP contribution in [0.1, 0.15) is 27.8 Å². The molecule has 0 aliphatic rings. The fourth-order valence-corrected chi connectivity index (χ4v) is 4.86. The molecule has 1 unspecified atom stereocenters. The summed E-state index contributed by atoms with van der Waals surface area (Å²) in [7, 11) is 3.43. The van der Waals surface area contributed by atoms with Gasteiger partial charge in [0.05, 0.1) is 11.6 Å². The van der Waals surface area contributed by atoms with Crippen LogP contribution >= 0.6 is 0 Å². The summed E-state index contributed by atoms with van der Waals surface area (Å²) in [5, 5.41) is 19.5. The molecule has 39 heavy (non-hydrogen) atoms. The molecule has 1 amide bonds. The summed E-state index contributed by atoms with van der Waals surface area (Å²) in [6, 6.07) is 21.1. The number of H-pyrrole nitrogens is 1. The van der Waals surface area contributed by atoms with Gasteiger partial charge in [-0.3, -0.25) is 14.3 Å². The second-order valence-electron chi connectivity index (χ2n) is 9.49. The van der Waals surface area contributed by atoms with E-state index in [1.807, 2.05) is 48.5 Å². The molecule has 0 bridgehead atoms. The average molecular weight is 522 g/mol. The number of benzene rings is 3. The average Bonchev–Trinajstić information content (AvgIpc) is 3.51. The molecular weight excluding hydrogens is 497 g/mol. The number of nitrogens with one attached hydrogen (secondary N) is 2. The van der Waals surface area contributed by atoms with Crippen molar-refractivity contribution in [2.24, 2.45) is 14.1 Å². The highest BCUT2D eigenvalue weighted by molar-refractivity contribution is 6.06. The van der Waals surface area contributed by atoms with E-state index < -0.39 is 17.8 Å². The number of phenolic OH excluding ortho intramolecular Hbond substituents is 1. The van der Waals surface area contributed by atoms with E-state index in [9.17, 15) is 19.1 Å². The van der Waals surface area contributed by atoms with Crippen LogP contribution in [0.2, 0.25) is 0 Å². The maximum absolute atomic E-state index is 14.3. The van der Waals surface area contributed by atoms with Gasteiger partial charge in [0.2, 0.25) is 0 Å². The fourth-order valence-electron chi connectivity index (χ4n) is 4.86. The first kappa shape index (κ1) is 24.2. The van der Waals surface area contributed by atoms with Crippen molar-refractivity contribution in [2.45, 2.75) is 6.04 Å². The summed E-state index contributed by atoms with van der Waals surface area (Å²) in [6.07, 6.45) is 1.70. The van der Waals surface area contributed by atoms with E-state index in [-0.39, 0.29) is 22.6 Å². The Bertz CT molecular complexity index is 1920. The largest absolute Gasteiger partial charge is 0.508 e.